The number of H-pyrrole nitrogens is 1. The van der Waals surface area contributed by atoms with E-state index in [2.05, 4.69) is 9.97 Å². The molecule has 1 heterocycles. The number of hydrogen-bond donors (Lipinski definition) is 2. The standard InChI is InChI=1S/C8H6F3N3.2ClH/c9-8(10,11)7-13-5-3-1-2-4(12)6(5)14-7;;/h1-3H,12H2,(H,13,14);2*1H. The van der Waals surface area contributed by atoms with E-state index in [1.54, 1.807) is 6.07 Å². The Balaban J connectivity index is 0.00000112. The molecule has 0 bridgehead atoms. The summed E-state index contributed by atoms with van der Waals surface area (Å²) < 4.78 is 36.7. The number of halogens is 5. The summed E-state index contributed by atoms with van der Waals surface area (Å²) in [6.07, 6.45) is -4.47. The van der Waals surface area contributed by atoms with Crippen LogP contribution in [0.1, 0.15) is 5.82 Å². The Morgan fingerprint density at radius 1 is 1.19 bits per heavy atom. The lowest BCUT2D eigenvalue weighted by Gasteiger charge is -1.98. The maximum atomic E-state index is 12.2. The van der Waals surface area contributed by atoms with Gasteiger partial charge in [-0.2, -0.15) is 13.2 Å². The van der Waals surface area contributed by atoms with Gasteiger partial charge in [0.1, 0.15) is 5.52 Å². The number of nitrogens with two attached hydrogens (primary N) is 1. The molecule has 0 amide bonds. The van der Waals surface area contributed by atoms with Crippen LogP contribution in [-0.4, -0.2) is 9.97 Å². The number of rotatable bonds is 0. The topological polar surface area (TPSA) is 54.7 Å². The molecule has 0 saturated heterocycles. The summed E-state index contributed by atoms with van der Waals surface area (Å²) in [5.74, 6) is -1.02. The molecule has 3 N–H and O–H groups in total. The van der Waals surface area contributed by atoms with Crippen molar-refractivity contribution in [3.63, 3.8) is 0 Å². The van der Waals surface area contributed by atoms with Crippen LogP contribution < -0.4 is 5.73 Å². The van der Waals surface area contributed by atoms with Gasteiger partial charge in [-0.3, -0.25) is 0 Å². The number of aromatic nitrogens is 2. The van der Waals surface area contributed by atoms with E-state index >= 15 is 0 Å². The number of fused-ring (bicyclic) bond motifs is 1. The van der Waals surface area contributed by atoms with Crippen molar-refractivity contribution in [2.45, 2.75) is 6.18 Å². The largest absolute Gasteiger partial charge is 0.449 e. The van der Waals surface area contributed by atoms with Crippen molar-refractivity contribution in [2.24, 2.45) is 0 Å². The van der Waals surface area contributed by atoms with E-state index < -0.39 is 12.0 Å². The molecule has 8 heteroatoms. The van der Waals surface area contributed by atoms with Crippen LogP contribution in [0.2, 0.25) is 0 Å². The molecule has 0 fully saturated rings. The molecule has 0 aliphatic carbocycles. The molecule has 2 rings (SSSR count). The van der Waals surface area contributed by atoms with Crippen molar-refractivity contribution < 1.29 is 13.2 Å². The number of nitrogen functional groups attached to an aromatic ring is 1. The summed E-state index contributed by atoms with van der Waals surface area (Å²) in [6.45, 7) is 0. The van der Waals surface area contributed by atoms with Gasteiger partial charge in [0.2, 0.25) is 5.82 Å². The molecule has 0 spiro atoms. The van der Waals surface area contributed by atoms with Gasteiger partial charge in [-0.15, -0.1) is 24.8 Å². The van der Waals surface area contributed by atoms with E-state index in [0.29, 0.717) is 0 Å². The van der Waals surface area contributed by atoms with Gasteiger partial charge in [-0.1, -0.05) is 6.07 Å². The number of alkyl halides is 3. The van der Waals surface area contributed by atoms with Crippen LogP contribution in [0.4, 0.5) is 18.9 Å². The highest BCUT2D eigenvalue weighted by molar-refractivity contribution is 5.87. The minimum atomic E-state index is -4.47. The lowest BCUT2D eigenvalue weighted by molar-refractivity contribution is -0.144. The fourth-order valence-electron chi connectivity index (χ4n) is 1.19. The Labute approximate surface area is 101 Å². The van der Waals surface area contributed by atoms with Crippen LogP contribution in [0, 0.1) is 0 Å². The summed E-state index contributed by atoms with van der Waals surface area (Å²) >= 11 is 0. The van der Waals surface area contributed by atoms with Crippen LogP contribution in [0.5, 0.6) is 0 Å². The summed E-state index contributed by atoms with van der Waals surface area (Å²) in [4.78, 5) is 5.54. The number of para-hydroxylation sites is 1. The van der Waals surface area contributed by atoms with Gasteiger partial charge in [0, 0.05) is 0 Å². The second-order valence-electron chi connectivity index (χ2n) is 2.83. The molecule has 0 saturated carbocycles. The average molecular weight is 274 g/mol. The fraction of sp³-hybridized carbons (Fsp3) is 0.125. The van der Waals surface area contributed by atoms with E-state index in [0.717, 1.165) is 0 Å². The van der Waals surface area contributed by atoms with Crippen molar-refractivity contribution >= 4 is 41.5 Å². The molecule has 3 nitrogen and oxygen atoms in total. The zero-order chi connectivity index (χ0) is 10.3. The Morgan fingerprint density at radius 3 is 2.31 bits per heavy atom. The average Bonchev–Trinajstić information content (AvgIpc) is 2.48. The number of hydrogen-bond acceptors (Lipinski definition) is 2. The zero-order valence-corrected chi connectivity index (χ0v) is 9.34. The lowest BCUT2D eigenvalue weighted by Crippen LogP contribution is -2.06. The number of benzene rings is 1. The molecule has 0 aliphatic rings. The third-order valence-electron chi connectivity index (χ3n) is 1.81. The Kier molecular flexibility index (Phi) is 4.45. The van der Waals surface area contributed by atoms with Gasteiger partial charge in [-0.05, 0) is 12.1 Å². The van der Waals surface area contributed by atoms with Crippen molar-refractivity contribution in [3.8, 4) is 0 Å². The first-order chi connectivity index (χ1) is 6.48. The molecular formula is C8H8Cl2F3N3. The van der Waals surface area contributed by atoms with E-state index in [1.165, 1.54) is 12.1 Å². The maximum Gasteiger partial charge on any atom is 0.449 e. The highest BCUT2D eigenvalue weighted by Crippen LogP contribution is 2.29. The number of nitrogens with zero attached hydrogens (tertiary/aromatic N) is 1. The van der Waals surface area contributed by atoms with Gasteiger partial charge >= 0.3 is 6.18 Å². The molecule has 90 valence electrons. The molecule has 2 aromatic rings. The van der Waals surface area contributed by atoms with E-state index in [1.807, 2.05) is 0 Å². The fourth-order valence-corrected chi connectivity index (χ4v) is 1.19. The van der Waals surface area contributed by atoms with Gasteiger partial charge in [0.25, 0.3) is 0 Å². The predicted octanol–water partition coefficient (Wildman–Crippen LogP) is 3.01. The molecule has 1 aromatic carbocycles. The summed E-state index contributed by atoms with van der Waals surface area (Å²) in [6, 6.07) is 4.56. The first-order valence-electron chi connectivity index (χ1n) is 3.80. The highest BCUT2D eigenvalue weighted by atomic mass is 35.5. The van der Waals surface area contributed by atoms with Crippen molar-refractivity contribution in [1.29, 1.82) is 0 Å². The minimum absolute atomic E-state index is 0. The number of anilines is 1. The van der Waals surface area contributed by atoms with Gasteiger partial charge < -0.3 is 10.7 Å². The van der Waals surface area contributed by atoms with Gasteiger partial charge in [-0.25, -0.2) is 4.98 Å². The monoisotopic (exact) mass is 273 g/mol. The SMILES string of the molecule is Cl.Cl.Nc1cccc2[nH]c(C(F)(F)F)nc12. The minimum Gasteiger partial charge on any atom is -0.397 e. The Morgan fingerprint density at radius 2 is 1.81 bits per heavy atom. The maximum absolute atomic E-state index is 12.2. The first kappa shape index (κ1) is 14.9. The number of imidazole rings is 1. The van der Waals surface area contributed by atoms with Crippen molar-refractivity contribution in [2.75, 3.05) is 5.73 Å². The molecule has 0 atom stereocenters. The Hall–Kier alpha value is -1.14. The summed E-state index contributed by atoms with van der Waals surface area (Å²) in [5, 5.41) is 0. The number of nitrogens with one attached hydrogen (secondary N) is 1. The van der Waals surface area contributed by atoms with Crippen LogP contribution in [0.3, 0.4) is 0 Å². The third kappa shape index (κ3) is 2.51. The molecule has 0 aliphatic heterocycles. The van der Waals surface area contributed by atoms with E-state index in [9.17, 15) is 13.2 Å². The highest BCUT2D eigenvalue weighted by Gasteiger charge is 2.34. The summed E-state index contributed by atoms with van der Waals surface area (Å²) in [7, 11) is 0. The van der Waals surface area contributed by atoms with Crippen LogP contribution in [0.25, 0.3) is 11.0 Å². The molecule has 0 unspecified atom stereocenters. The lowest BCUT2D eigenvalue weighted by atomic mass is 10.3. The first-order valence-corrected chi connectivity index (χ1v) is 3.80. The van der Waals surface area contributed by atoms with Crippen molar-refractivity contribution in [3.05, 3.63) is 24.0 Å². The van der Waals surface area contributed by atoms with Gasteiger partial charge in [0.15, 0.2) is 0 Å². The third-order valence-corrected chi connectivity index (χ3v) is 1.81. The number of aromatic amines is 1. The van der Waals surface area contributed by atoms with Crippen LogP contribution >= 0.6 is 24.8 Å². The second-order valence-corrected chi connectivity index (χ2v) is 2.83. The normalized spacial score (nSPS) is 10.7. The molecule has 16 heavy (non-hydrogen) atoms. The Bertz CT molecular complexity index is 481. The molecule has 1 aromatic heterocycles. The molecular weight excluding hydrogens is 266 g/mol. The quantitative estimate of drug-likeness (QED) is 0.725. The smallest absolute Gasteiger partial charge is 0.397 e. The van der Waals surface area contributed by atoms with E-state index in [4.69, 9.17) is 5.73 Å². The van der Waals surface area contributed by atoms with Gasteiger partial charge in [0.05, 0.1) is 11.2 Å². The predicted molar refractivity (Wildman–Crippen MR) is 60.0 cm³/mol. The zero-order valence-electron chi connectivity index (χ0n) is 7.71. The summed E-state index contributed by atoms with van der Waals surface area (Å²) in [5.41, 5.74) is 6.14. The van der Waals surface area contributed by atoms with Crippen LogP contribution in [-0.2, 0) is 6.18 Å². The van der Waals surface area contributed by atoms with Crippen molar-refractivity contribution in [1.82, 2.24) is 9.97 Å². The van der Waals surface area contributed by atoms with E-state index in [-0.39, 0.29) is 41.5 Å². The molecule has 0 radical (unpaired) electrons. The second kappa shape index (κ2) is 4.80. The van der Waals surface area contributed by atoms with Crippen LogP contribution in [0.15, 0.2) is 18.2 Å².